The van der Waals surface area contributed by atoms with Gasteiger partial charge < -0.3 is 19.5 Å². The Morgan fingerprint density at radius 2 is 1.97 bits per heavy atom. The van der Waals surface area contributed by atoms with Crippen LogP contribution in [0.5, 0.6) is 11.5 Å². The van der Waals surface area contributed by atoms with Crippen LogP contribution in [0.25, 0.3) is 10.2 Å². The monoisotopic (exact) mass is 457 g/mol. The van der Waals surface area contributed by atoms with E-state index in [2.05, 4.69) is 15.6 Å². The number of thiocarbonyl (C=S) groups is 1. The molecule has 0 saturated heterocycles. The van der Waals surface area contributed by atoms with Gasteiger partial charge in [-0.15, -0.1) is 0 Å². The van der Waals surface area contributed by atoms with Crippen LogP contribution in [-0.2, 0) is 4.74 Å². The zero-order valence-corrected chi connectivity index (χ0v) is 18.2. The molecule has 0 spiro atoms. The van der Waals surface area contributed by atoms with Crippen molar-refractivity contribution >= 4 is 55.9 Å². The summed E-state index contributed by atoms with van der Waals surface area (Å²) in [5.74, 6) is 0.376. The third kappa shape index (κ3) is 4.92. The first-order valence-electron chi connectivity index (χ1n) is 9.63. The number of amides is 1. The second kappa shape index (κ2) is 9.27. The normalized spacial score (nSPS) is 11.9. The number of hydrogen-bond donors (Lipinski definition) is 2. The second-order valence-electron chi connectivity index (χ2n) is 6.67. The number of fused-ring (bicyclic) bond motifs is 2. The molecule has 0 bridgehead atoms. The summed E-state index contributed by atoms with van der Waals surface area (Å²) in [7, 11) is 0. The van der Waals surface area contributed by atoms with Gasteiger partial charge in [-0.1, -0.05) is 24.7 Å². The molecule has 4 rings (SSSR count). The Hall–Kier alpha value is -3.24. The van der Waals surface area contributed by atoms with Gasteiger partial charge in [0, 0.05) is 5.56 Å². The average Bonchev–Trinajstić information content (AvgIpc) is 3.38. The van der Waals surface area contributed by atoms with E-state index in [0.717, 1.165) is 17.5 Å². The molecule has 1 aliphatic rings. The molecule has 2 N–H and O–H groups in total. The fourth-order valence-electron chi connectivity index (χ4n) is 2.84. The minimum atomic E-state index is -0.381. The molecule has 1 aromatic heterocycles. The van der Waals surface area contributed by atoms with Crippen molar-refractivity contribution in [2.75, 3.05) is 18.7 Å². The van der Waals surface area contributed by atoms with Crippen molar-refractivity contribution in [3.8, 4) is 11.5 Å². The lowest BCUT2D eigenvalue weighted by molar-refractivity contribution is 0.0500. The Morgan fingerprint density at radius 3 is 2.81 bits per heavy atom. The molecular formula is C21H19N3O5S2. The van der Waals surface area contributed by atoms with Crippen molar-refractivity contribution in [1.82, 2.24) is 10.3 Å². The van der Waals surface area contributed by atoms with Crippen LogP contribution in [-0.4, -0.2) is 35.4 Å². The van der Waals surface area contributed by atoms with E-state index in [1.807, 2.05) is 6.92 Å². The van der Waals surface area contributed by atoms with Gasteiger partial charge in [0.2, 0.25) is 6.79 Å². The summed E-state index contributed by atoms with van der Waals surface area (Å²) >= 11 is 6.56. The Labute approximate surface area is 187 Å². The van der Waals surface area contributed by atoms with E-state index < -0.39 is 0 Å². The number of ether oxygens (including phenoxy) is 3. The van der Waals surface area contributed by atoms with Gasteiger partial charge in [-0.2, -0.15) is 0 Å². The number of unbranched alkanes of at least 4 members (excludes halogenated alkanes) is 1. The zero-order valence-electron chi connectivity index (χ0n) is 16.6. The molecule has 0 unspecified atom stereocenters. The van der Waals surface area contributed by atoms with Crippen LogP contribution < -0.4 is 20.1 Å². The summed E-state index contributed by atoms with van der Waals surface area (Å²) < 4.78 is 16.6. The van der Waals surface area contributed by atoms with Crippen molar-refractivity contribution in [3.63, 3.8) is 0 Å². The van der Waals surface area contributed by atoms with Crippen LogP contribution in [0.2, 0.25) is 0 Å². The van der Waals surface area contributed by atoms with Gasteiger partial charge in [-0.3, -0.25) is 10.1 Å². The molecule has 1 amide bonds. The van der Waals surface area contributed by atoms with E-state index in [1.165, 1.54) is 11.3 Å². The molecule has 3 aromatic rings. The van der Waals surface area contributed by atoms with Gasteiger partial charge in [-0.25, -0.2) is 9.78 Å². The molecule has 2 aromatic carbocycles. The van der Waals surface area contributed by atoms with Gasteiger partial charge in [-0.05, 0) is 55.0 Å². The highest BCUT2D eigenvalue weighted by Crippen LogP contribution is 2.32. The average molecular weight is 458 g/mol. The van der Waals surface area contributed by atoms with Crippen LogP contribution in [0.4, 0.5) is 5.13 Å². The highest BCUT2D eigenvalue weighted by Gasteiger charge is 2.17. The third-order valence-corrected chi connectivity index (χ3v) is 5.58. The first-order chi connectivity index (χ1) is 15.0. The Kier molecular flexibility index (Phi) is 6.28. The smallest absolute Gasteiger partial charge is 0.338 e. The largest absolute Gasteiger partial charge is 0.462 e. The van der Waals surface area contributed by atoms with Gasteiger partial charge in [0.25, 0.3) is 5.91 Å². The quantitative estimate of drug-likeness (QED) is 0.324. The number of thiazole rings is 1. The van der Waals surface area contributed by atoms with Crippen LogP contribution in [0.1, 0.15) is 40.5 Å². The molecule has 10 heteroatoms. The van der Waals surface area contributed by atoms with E-state index in [0.29, 0.717) is 39.9 Å². The number of anilines is 1. The van der Waals surface area contributed by atoms with Crippen molar-refractivity contribution < 1.29 is 23.8 Å². The highest BCUT2D eigenvalue weighted by molar-refractivity contribution is 7.80. The predicted molar refractivity (Wildman–Crippen MR) is 121 cm³/mol. The molecular weight excluding hydrogens is 438 g/mol. The molecule has 160 valence electrons. The van der Waals surface area contributed by atoms with Crippen LogP contribution in [0.3, 0.4) is 0 Å². The van der Waals surface area contributed by atoms with Crippen LogP contribution in [0.15, 0.2) is 36.4 Å². The predicted octanol–water partition coefficient (Wildman–Crippen LogP) is 4.11. The molecule has 0 radical (unpaired) electrons. The number of benzene rings is 2. The summed E-state index contributed by atoms with van der Waals surface area (Å²) in [5, 5.41) is 6.14. The fourth-order valence-corrected chi connectivity index (χ4v) is 4.00. The summed E-state index contributed by atoms with van der Waals surface area (Å²) in [6.45, 7) is 2.57. The van der Waals surface area contributed by atoms with E-state index in [-0.39, 0.29) is 23.8 Å². The lowest BCUT2D eigenvalue weighted by atomic mass is 10.2. The highest BCUT2D eigenvalue weighted by atomic mass is 32.1. The van der Waals surface area contributed by atoms with E-state index in [1.54, 1.807) is 36.4 Å². The lowest BCUT2D eigenvalue weighted by Crippen LogP contribution is -2.34. The van der Waals surface area contributed by atoms with Crippen molar-refractivity contribution in [2.45, 2.75) is 19.8 Å². The SMILES string of the molecule is CCCCOC(=O)c1ccc2nc(NC(=S)NC(=O)c3ccc4c(c3)OCO4)sc2c1. The van der Waals surface area contributed by atoms with E-state index in [9.17, 15) is 9.59 Å². The fraction of sp³-hybridized carbons (Fsp3) is 0.238. The summed E-state index contributed by atoms with van der Waals surface area (Å²) in [5.41, 5.74) is 1.57. The van der Waals surface area contributed by atoms with E-state index in [4.69, 9.17) is 26.4 Å². The molecule has 0 saturated carbocycles. The molecule has 0 aliphatic carbocycles. The topological polar surface area (TPSA) is 98.8 Å². The summed E-state index contributed by atoms with van der Waals surface area (Å²) in [6, 6.07) is 10.1. The number of nitrogens with one attached hydrogen (secondary N) is 2. The Balaban J connectivity index is 1.39. The number of hydrogen-bond acceptors (Lipinski definition) is 8. The molecule has 0 atom stereocenters. The van der Waals surface area contributed by atoms with Crippen molar-refractivity contribution in [2.24, 2.45) is 0 Å². The first kappa shape index (κ1) is 21.0. The number of nitrogens with zero attached hydrogens (tertiary/aromatic N) is 1. The number of carbonyl (C=O) groups excluding carboxylic acids is 2. The standard InChI is InChI=1S/C21H19N3O5S2/c1-2-3-8-27-19(26)13-4-6-14-17(10-13)31-21(22-14)24-20(30)23-18(25)12-5-7-15-16(9-12)29-11-28-15/h4-7,9-10H,2-3,8,11H2,1H3,(H2,22,23,24,25,30). The maximum absolute atomic E-state index is 12.4. The number of aromatic nitrogens is 1. The molecule has 0 fully saturated rings. The van der Waals surface area contributed by atoms with Crippen molar-refractivity contribution in [3.05, 3.63) is 47.5 Å². The van der Waals surface area contributed by atoms with Gasteiger partial charge in [0.1, 0.15) is 0 Å². The number of rotatable bonds is 6. The molecule has 2 heterocycles. The Morgan fingerprint density at radius 1 is 1.16 bits per heavy atom. The minimum absolute atomic E-state index is 0.112. The third-order valence-electron chi connectivity index (χ3n) is 4.44. The zero-order chi connectivity index (χ0) is 21.8. The molecule has 31 heavy (non-hydrogen) atoms. The number of carbonyl (C=O) groups is 2. The minimum Gasteiger partial charge on any atom is -0.462 e. The maximum atomic E-state index is 12.4. The lowest BCUT2D eigenvalue weighted by Gasteiger charge is -2.07. The van der Waals surface area contributed by atoms with E-state index >= 15 is 0 Å². The second-order valence-corrected chi connectivity index (χ2v) is 8.11. The summed E-state index contributed by atoms with van der Waals surface area (Å²) in [6.07, 6.45) is 1.79. The van der Waals surface area contributed by atoms with Gasteiger partial charge >= 0.3 is 5.97 Å². The van der Waals surface area contributed by atoms with Crippen LogP contribution in [0, 0.1) is 0 Å². The van der Waals surface area contributed by atoms with Gasteiger partial charge in [0.05, 0.1) is 22.4 Å². The summed E-state index contributed by atoms with van der Waals surface area (Å²) in [4.78, 5) is 29.0. The first-order valence-corrected chi connectivity index (χ1v) is 10.9. The molecule has 1 aliphatic heterocycles. The maximum Gasteiger partial charge on any atom is 0.338 e. The number of esters is 1. The van der Waals surface area contributed by atoms with Crippen LogP contribution >= 0.6 is 23.6 Å². The van der Waals surface area contributed by atoms with Crippen molar-refractivity contribution in [1.29, 1.82) is 0 Å². The Bertz CT molecular complexity index is 1160. The van der Waals surface area contributed by atoms with Gasteiger partial charge in [0.15, 0.2) is 21.7 Å². The molecule has 8 nitrogen and oxygen atoms in total.